The van der Waals surface area contributed by atoms with Gasteiger partial charge in [-0.3, -0.25) is 0 Å². The Hall–Kier alpha value is -0.570. The van der Waals surface area contributed by atoms with Crippen molar-refractivity contribution in [2.45, 2.75) is 33.2 Å². The summed E-state index contributed by atoms with van der Waals surface area (Å²) in [6, 6.07) is 8.49. The molecule has 0 fully saturated rings. The lowest BCUT2D eigenvalue weighted by atomic mass is 10.0. The van der Waals surface area contributed by atoms with Gasteiger partial charge in [0, 0.05) is 11.1 Å². The van der Waals surface area contributed by atoms with Crippen LogP contribution in [-0.2, 0) is 0 Å². The summed E-state index contributed by atoms with van der Waals surface area (Å²) < 4.78 is 0. The van der Waals surface area contributed by atoms with Gasteiger partial charge < -0.3 is 10.2 Å². The van der Waals surface area contributed by atoms with Crippen LogP contribution >= 0.6 is 11.6 Å². The monoisotopic (exact) mass is 268 g/mol. The van der Waals surface area contributed by atoms with Crippen molar-refractivity contribution < 1.29 is 0 Å². The zero-order chi connectivity index (χ0) is 13.4. The van der Waals surface area contributed by atoms with Crippen LogP contribution in [0.3, 0.4) is 0 Å². The first kappa shape index (κ1) is 15.5. The van der Waals surface area contributed by atoms with Gasteiger partial charge in [-0.25, -0.2) is 0 Å². The van der Waals surface area contributed by atoms with Crippen LogP contribution in [0.25, 0.3) is 0 Å². The maximum absolute atomic E-state index is 6.28. The normalized spacial score (nSPS) is 12.9. The van der Waals surface area contributed by atoms with Crippen LogP contribution < -0.4 is 5.32 Å². The molecule has 0 saturated carbocycles. The van der Waals surface area contributed by atoms with Crippen molar-refractivity contribution in [3.63, 3.8) is 0 Å². The average molecular weight is 269 g/mol. The third-order valence-corrected chi connectivity index (χ3v) is 3.70. The number of nitrogens with one attached hydrogen (secondary N) is 1. The van der Waals surface area contributed by atoms with E-state index >= 15 is 0 Å². The summed E-state index contributed by atoms with van der Waals surface area (Å²) in [5.41, 5.74) is 1.22. The molecule has 0 amide bonds. The number of benzene rings is 1. The lowest BCUT2D eigenvalue weighted by molar-refractivity contribution is 0.282. The Kier molecular flexibility index (Phi) is 7.33. The summed E-state index contributed by atoms with van der Waals surface area (Å²) in [7, 11) is 0. The van der Waals surface area contributed by atoms with Crippen LogP contribution in [-0.4, -0.2) is 31.1 Å². The second kappa shape index (κ2) is 8.52. The molecule has 0 aliphatic carbocycles. The molecule has 102 valence electrons. The number of hydrogen-bond donors (Lipinski definition) is 1. The summed E-state index contributed by atoms with van der Waals surface area (Å²) in [4.78, 5) is 2.45. The van der Waals surface area contributed by atoms with Crippen molar-refractivity contribution in [1.29, 1.82) is 0 Å². The number of hydrogen-bond acceptors (Lipinski definition) is 2. The minimum atomic E-state index is 0.351. The molecule has 0 radical (unpaired) electrons. The van der Waals surface area contributed by atoms with Gasteiger partial charge in [-0.15, -0.1) is 0 Å². The van der Waals surface area contributed by atoms with Gasteiger partial charge in [-0.05, 0) is 44.2 Å². The van der Waals surface area contributed by atoms with Gasteiger partial charge in [0.25, 0.3) is 0 Å². The topological polar surface area (TPSA) is 15.3 Å². The fraction of sp³-hybridized carbons (Fsp3) is 0.600. The van der Waals surface area contributed by atoms with Crippen molar-refractivity contribution in [3.05, 3.63) is 34.9 Å². The second-order valence-electron chi connectivity index (χ2n) is 4.45. The Morgan fingerprint density at radius 2 is 1.83 bits per heavy atom. The third kappa shape index (κ3) is 4.60. The number of nitrogens with zero attached hydrogens (tertiary/aromatic N) is 1. The van der Waals surface area contributed by atoms with Gasteiger partial charge >= 0.3 is 0 Å². The molecule has 0 bridgehead atoms. The number of rotatable bonds is 8. The van der Waals surface area contributed by atoms with Crippen LogP contribution in [0.2, 0.25) is 5.02 Å². The fourth-order valence-corrected chi connectivity index (χ4v) is 2.49. The molecule has 18 heavy (non-hydrogen) atoms. The molecular formula is C15H25ClN2. The van der Waals surface area contributed by atoms with Gasteiger partial charge in [-0.1, -0.05) is 50.6 Å². The van der Waals surface area contributed by atoms with E-state index in [1.165, 1.54) is 5.56 Å². The molecule has 0 saturated heterocycles. The molecular weight excluding hydrogens is 244 g/mol. The first-order valence-corrected chi connectivity index (χ1v) is 7.30. The predicted octanol–water partition coefficient (Wildman–Crippen LogP) is 3.72. The largest absolute Gasteiger partial charge is 0.310 e. The van der Waals surface area contributed by atoms with E-state index < -0.39 is 0 Å². The molecule has 1 N–H and O–H groups in total. The molecule has 0 spiro atoms. The second-order valence-corrected chi connectivity index (χ2v) is 4.85. The minimum absolute atomic E-state index is 0.351. The van der Waals surface area contributed by atoms with Crippen LogP contribution in [0.1, 0.15) is 38.8 Å². The zero-order valence-corrected chi connectivity index (χ0v) is 12.5. The Morgan fingerprint density at radius 1 is 1.17 bits per heavy atom. The highest BCUT2D eigenvalue weighted by atomic mass is 35.5. The SMILES string of the molecule is CCNC(CCN(CC)CC)c1ccccc1Cl. The van der Waals surface area contributed by atoms with E-state index in [1.807, 2.05) is 12.1 Å². The van der Waals surface area contributed by atoms with E-state index in [0.717, 1.165) is 37.6 Å². The molecule has 0 heterocycles. The molecule has 1 aromatic rings. The van der Waals surface area contributed by atoms with Gasteiger partial charge in [0.05, 0.1) is 0 Å². The molecule has 0 aromatic heterocycles. The molecule has 1 atom stereocenters. The standard InChI is InChI=1S/C15H25ClN2/c1-4-17-15(11-12-18(5-2)6-3)13-9-7-8-10-14(13)16/h7-10,15,17H,4-6,11-12H2,1-3H3. The molecule has 1 unspecified atom stereocenters. The van der Waals surface area contributed by atoms with E-state index in [4.69, 9.17) is 11.6 Å². The van der Waals surface area contributed by atoms with Gasteiger partial charge in [0.1, 0.15) is 0 Å². The van der Waals surface area contributed by atoms with Gasteiger partial charge in [-0.2, -0.15) is 0 Å². The van der Waals surface area contributed by atoms with Crippen LogP contribution in [0.4, 0.5) is 0 Å². The smallest absolute Gasteiger partial charge is 0.0453 e. The van der Waals surface area contributed by atoms with Crippen molar-refractivity contribution in [3.8, 4) is 0 Å². The van der Waals surface area contributed by atoms with E-state index in [9.17, 15) is 0 Å². The Balaban J connectivity index is 2.68. The van der Waals surface area contributed by atoms with E-state index in [2.05, 4.69) is 43.1 Å². The molecule has 2 nitrogen and oxygen atoms in total. The van der Waals surface area contributed by atoms with E-state index in [0.29, 0.717) is 6.04 Å². The summed E-state index contributed by atoms with van der Waals surface area (Å²) in [6.45, 7) is 10.9. The van der Waals surface area contributed by atoms with Crippen LogP contribution in [0.5, 0.6) is 0 Å². The predicted molar refractivity (Wildman–Crippen MR) is 80.3 cm³/mol. The van der Waals surface area contributed by atoms with Crippen molar-refractivity contribution in [2.24, 2.45) is 0 Å². The van der Waals surface area contributed by atoms with Gasteiger partial charge in [0.15, 0.2) is 0 Å². The molecule has 1 rings (SSSR count). The van der Waals surface area contributed by atoms with Crippen molar-refractivity contribution >= 4 is 11.6 Å². The highest BCUT2D eigenvalue weighted by molar-refractivity contribution is 6.31. The summed E-state index contributed by atoms with van der Waals surface area (Å²) in [5.74, 6) is 0. The molecule has 3 heteroatoms. The van der Waals surface area contributed by atoms with Crippen LogP contribution in [0.15, 0.2) is 24.3 Å². The maximum atomic E-state index is 6.28. The Bertz CT molecular complexity index is 337. The molecule has 1 aromatic carbocycles. The molecule has 0 aliphatic rings. The third-order valence-electron chi connectivity index (χ3n) is 3.36. The summed E-state index contributed by atoms with van der Waals surface area (Å²) >= 11 is 6.28. The number of halogens is 1. The van der Waals surface area contributed by atoms with E-state index in [-0.39, 0.29) is 0 Å². The summed E-state index contributed by atoms with van der Waals surface area (Å²) in [6.07, 6.45) is 1.10. The van der Waals surface area contributed by atoms with Gasteiger partial charge in [0.2, 0.25) is 0 Å². The summed E-state index contributed by atoms with van der Waals surface area (Å²) in [5, 5.41) is 4.40. The molecule has 0 aliphatic heterocycles. The van der Waals surface area contributed by atoms with Crippen molar-refractivity contribution in [2.75, 3.05) is 26.2 Å². The average Bonchev–Trinajstić information content (AvgIpc) is 2.39. The highest BCUT2D eigenvalue weighted by Gasteiger charge is 2.14. The maximum Gasteiger partial charge on any atom is 0.0453 e. The zero-order valence-electron chi connectivity index (χ0n) is 11.7. The van der Waals surface area contributed by atoms with E-state index in [1.54, 1.807) is 0 Å². The quantitative estimate of drug-likeness (QED) is 0.773. The lowest BCUT2D eigenvalue weighted by Gasteiger charge is -2.24. The van der Waals surface area contributed by atoms with Crippen molar-refractivity contribution in [1.82, 2.24) is 10.2 Å². The lowest BCUT2D eigenvalue weighted by Crippen LogP contribution is -2.29. The highest BCUT2D eigenvalue weighted by Crippen LogP contribution is 2.25. The Morgan fingerprint density at radius 3 is 2.39 bits per heavy atom. The fourth-order valence-electron chi connectivity index (χ4n) is 2.22. The van der Waals surface area contributed by atoms with Crippen LogP contribution in [0, 0.1) is 0 Å². The Labute approximate surface area is 116 Å². The first-order chi connectivity index (χ1) is 8.72. The first-order valence-electron chi connectivity index (χ1n) is 6.93. The minimum Gasteiger partial charge on any atom is -0.310 e.